The molecule has 0 aliphatic heterocycles. The van der Waals surface area contributed by atoms with Crippen molar-refractivity contribution < 1.29 is 14.3 Å². The van der Waals surface area contributed by atoms with Crippen molar-refractivity contribution in [1.82, 2.24) is 0 Å². The number of carbonyl (C=O) groups excluding carboxylic acids is 2. The van der Waals surface area contributed by atoms with Crippen molar-refractivity contribution in [3.05, 3.63) is 64.1 Å². The fourth-order valence-electron chi connectivity index (χ4n) is 2.64. The summed E-state index contributed by atoms with van der Waals surface area (Å²) in [6.45, 7) is 0. The van der Waals surface area contributed by atoms with Gasteiger partial charge < -0.3 is 4.74 Å². The Hall–Kier alpha value is -1.59. The van der Waals surface area contributed by atoms with Crippen molar-refractivity contribution in [2.75, 3.05) is 7.11 Å². The van der Waals surface area contributed by atoms with Gasteiger partial charge in [0, 0.05) is 21.4 Å². The van der Waals surface area contributed by atoms with E-state index in [2.05, 4.69) is 15.9 Å². The fourth-order valence-corrected chi connectivity index (χ4v) is 4.43. The minimum Gasteiger partial charge on any atom is -0.468 e. The second-order valence-electron chi connectivity index (χ2n) is 5.01. The molecule has 0 saturated heterocycles. The second kappa shape index (κ2) is 5.89. The van der Waals surface area contributed by atoms with Crippen LogP contribution in [0.15, 0.2) is 57.9 Å². The summed E-state index contributed by atoms with van der Waals surface area (Å²) in [6, 6.07) is 14.9. The first-order valence-electron chi connectivity index (χ1n) is 6.73. The zero-order valence-electron chi connectivity index (χ0n) is 11.8. The van der Waals surface area contributed by atoms with Crippen molar-refractivity contribution in [3.8, 4) is 0 Å². The fraction of sp³-hybridized carbons (Fsp3) is 0.176. The molecule has 1 atom stereocenters. The number of ether oxygens (including phenoxy) is 1. The molecule has 0 spiro atoms. The average molecular weight is 377 g/mol. The first-order chi connectivity index (χ1) is 10.6. The molecule has 5 heteroatoms. The largest absolute Gasteiger partial charge is 0.468 e. The van der Waals surface area contributed by atoms with Gasteiger partial charge in [-0.1, -0.05) is 58.0 Å². The molecule has 0 bridgehead atoms. The number of methoxy groups -OCH3 is 1. The Kier molecular flexibility index (Phi) is 4.10. The van der Waals surface area contributed by atoms with Crippen LogP contribution < -0.4 is 0 Å². The van der Waals surface area contributed by atoms with Crippen LogP contribution in [0.2, 0.25) is 0 Å². The number of esters is 1. The summed E-state index contributed by atoms with van der Waals surface area (Å²) in [7, 11) is 1.32. The van der Waals surface area contributed by atoms with Gasteiger partial charge in [-0.25, -0.2) is 0 Å². The van der Waals surface area contributed by atoms with Crippen LogP contribution in [0.5, 0.6) is 0 Å². The summed E-state index contributed by atoms with van der Waals surface area (Å²) in [5, 5.41) is 0. The molecule has 2 aromatic rings. The van der Waals surface area contributed by atoms with E-state index in [9.17, 15) is 9.59 Å². The molecular formula is C17H13BrO3S. The van der Waals surface area contributed by atoms with Gasteiger partial charge in [0.2, 0.25) is 0 Å². The first kappa shape index (κ1) is 15.3. The van der Waals surface area contributed by atoms with Gasteiger partial charge in [0.05, 0.1) is 7.11 Å². The number of thioether (sulfide) groups is 1. The summed E-state index contributed by atoms with van der Waals surface area (Å²) >= 11 is 4.73. The maximum absolute atomic E-state index is 12.9. The Bertz CT molecular complexity index is 745. The highest BCUT2D eigenvalue weighted by Gasteiger charge is 2.54. The molecule has 0 N–H and O–H groups in total. The lowest BCUT2D eigenvalue weighted by Crippen LogP contribution is -2.42. The quantitative estimate of drug-likeness (QED) is 0.601. The van der Waals surface area contributed by atoms with Crippen molar-refractivity contribution in [1.29, 1.82) is 0 Å². The van der Waals surface area contributed by atoms with Crippen LogP contribution in [-0.4, -0.2) is 23.6 Å². The third-order valence-corrected chi connectivity index (χ3v) is 5.80. The maximum Gasteiger partial charge on any atom is 0.330 e. The standard InChI is InChI=1S/C17H13BrO3S/c1-21-16(20)17(22-11-6-3-2-4-7-11)10-13-12(15(17)19)8-5-9-14(13)18/h2-9H,10H2,1H3/t17-/m0/s1. The molecule has 22 heavy (non-hydrogen) atoms. The normalized spacial score (nSPS) is 19.8. The summed E-state index contributed by atoms with van der Waals surface area (Å²) in [5.41, 5.74) is 1.45. The number of carbonyl (C=O) groups is 2. The van der Waals surface area contributed by atoms with E-state index in [4.69, 9.17) is 4.74 Å². The van der Waals surface area contributed by atoms with E-state index >= 15 is 0 Å². The van der Waals surface area contributed by atoms with Crippen LogP contribution >= 0.6 is 27.7 Å². The SMILES string of the molecule is COC(=O)[C@]1(Sc2ccccc2)Cc2c(Br)cccc2C1=O. The minimum atomic E-state index is -1.25. The van der Waals surface area contributed by atoms with Gasteiger partial charge >= 0.3 is 5.97 Å². The third-order valence-electron chi connectivity index (χ3n) is 3.71. The molecule has 112 valence electrons. The van der Waals surface area contributed by atoms with E-state index in [-0.39, 0.29) is 5.78 Å². The molecule has 3 nitrogen and oxygen atoms in total. The van der Waals surface area contributed by atoms with E-state index in [1.165, 1.54) is 18.9 Å². The number of hydrogen-bond donors (Lipinski definition) is 0. The molecule has 0 radical (unpaired) electrons. The predicted octanol–water partition coefficient (Wildman–Crippen LogP) is 3.89. The molecule has 1 aliphatic carbocycles. The molecule has 1 aliphatic rings. The van der Waals surface area contributed by atoms with E-state index < -0.39 is 10.7 Å². The van der Waals surface area contributed by atoms with Gasteiger partial charge in [-0.05, 0) is 23.8 Å². The third kappa shape index (κ3) is 2.38. The van der Waals surface area contributed by atoms with Gasteiger partial charge in [0.25, 0.3) is 0 Å². The molecule has 2 aromatic carbocycles. The summed E-state index contributed by atoms with van der Waals surface area (Å²) < 4.78 is 4.55. The number of ketones is 1. The minimum absolute atomic E-state index is 0.190. The zero-order chi connectivity index (χ0) is 15.7. The van der Waals surface area contributed by atoms with Crippen molar-refractivity contribution in [2.45, 2.75) is 16.1 Å². The topological polar surface area (TPSA) is 43.4 Å². The first-order valence-corrected chi connectivity index (χ1v) is 8.34. The summed E-state index contributed by atoms with van der Waals surface area (Å²) in [4.78, 5) is 26.3. The highest BCUT2D eigenvalue weighted by molar-refractivity contribution is 9.10. The Balaban J connectivity index is 2.08. The Morgan fingerprint density at radius 3 is 2.55 bits per heavy atom. The number of halogens is 1. The van der Waals surface area contributed by atoms with Crippen molar-refractivity contribution in [2.24, 2.45) is 0 Å². The Labute approximate surface area is 141 Å². The molecular weight excluding hydrogens is 364 g/mol. The molecule has 0 unspecified atom stereocenters. The van der Waals surface area contributed by atoms with Gasteiger partial charge in [-0.15, -0.1) is 0 Å². The monoisotopic (exact) mass is 376 g/mol. The number of fused-ring (bicyclic) bond motifs is 1. The summed E-state index contributed by atoms with van der Waals surface area (Å²) in [6.07, 6.45) is 0.328. The second-order valence-corrected chi connectivity index (χ2v) is 7.23. The van der Waals surface area contributed by atoms with E-state index in [1.54, 1.807) is 12.1 Å². The lowest BCUT2D eigenvalue weighted by atomic mass is 10.0. The molecule has 0 aromatic heterocycles. The van der Waals surface area contributed by atoms with Gasteiger partial charge in [-0.2, -0.15) is 0 Å². The Morgan fingerprint density at radius 2 is 1.91 bits per heavy atom. The zero-order valence-corrected chi connectivity index (χ0v) is 14.2. The molecule has 0 amide bonds. The predicted molar refractivity (Wildman–Crippen MR) is 89.2 cm³/mol. The van der Waals surface area contributed by atoms with E-state index in [0.717, 1.165) is 14.9 Å². The van der Waals surface area contributed by atoms with Crippen LogP contribution in [0, 0.1) is 0 Å². The van der Waals surface area contributed by atoms with Crippen LogP contribution in [0.25, 0.3) is 0 Å². The summed E-state index contributed by atoms with van der Waals surface area (Å²) in [5.74, 6) is -0.695. The van der Waals surface area contributed by atoms with Crippen molar-refractivity contribution >= 4 is 39.4 Å². The highest BCUT2D eigenvalue weighted by Crippen LogP contribution is 2.46. The lowest BCUT2D eigenvalue weighted by Gasteiger charge is -2.23. The van der Waals surface area contributed by atoms with Crippen molar-refractivity contribution in [3.63, 3.8) is 0 Å². The van der Waals surface area contributed by atoms with Crippen LogP contribution in [0.4, 0.5) is 0 Å². The Morgan fingerprint density at radius 1 is 1.18 bits per heavy atom. The smallest absolute Gasteiger partial charge is 0.330 e. The highest BCUT2D eigenvalue weighted by atomic mass is 79.9. The average Bonchev–Trinajstić information content (AvgIpc) is 2.83. The number of Topliss-reactive ketones (excluding diaryl/α,β-unsaturated/α-hetero) is 1. The van der Waals surface area contributed by atoms with E-state index in [1.807, 2.05) is 36.4 Å². The number of rotatable bonds is 3. The molecule has 0 fully saturated rings. The van der Waals surface area contributed by atoms with Crippen LogP contribution in [-0.2, 0) is 16.0 Å². The molecule has 0 saturated carbocycles. The lowest BCUT2D eigenvalue weighted by molar-refractivity contribution is -0.141. The van der Waals surface area contributed by atoms with Gasteiger partial charge in [-0.3, -0.25) is 9.59 Å². The number of hydrogen-bond acceptors (Lipinski definition) is 4. The van der Waals surface area contributed by atoms with Gasteiger partial charge in [0.15, 0.2) is 10.5 Å². The van der Waals surface area contributed by atoms with Crippen LogP contribution in [0.3, 0.4) is 0 Å². The maximum atomic E-state index is 12.9. The van der Waals surface area contributed by atoms with E-state index in [0.29, 0.717) is 12.0 Å². The molecule has 0 heterocycles. The van der Waals surface area contributed by atoms with Gasteiger partial charge in [0.1, 0.15) is 0 Å². The number of benzene rings is 2. The van der Waals surface area contributed by atoms with Crippen LogP contribution in [0.1, 0.15) is 15.9 Å². The molecule has 3 rings (SSSR count).